The number of nitrogens with zero attached hydrogens (tertiary/aromatic N) is 1. The second-order valence-corrected chi connectivity index (χ2v) is 11.0. The SMILES string of the molecule is CN(C)C1CCC(S(=O)(=O)c2c(Cl)ccc(NC(=O)NC3CCC=C3Cl)c2O)CC1. The summed E-state index contributed by atoms with van der Waals surface area (Å²) in [6.45, 7) is 0. The fourth-order valence-corrected chi connectivity index (χ4v) is 6.78. The number of rotatable bonds is 5. The molecule has 1 aromatic rings. The number of benzene rings is 1. The van der Waals surface area contributed by atoms with Crippen molar-refractivity contribution in [1.82, 2.24) is 10.2 Å². The number of aromatic hydroxyl groups is 1. The minimum atomic E-state index is -3.86. The zero-order valence-electron chi connectivity index (χ0n) is 17.0. The number of hydrogen-bond donors (Lipinski definition) is 3. The van der Waals surface area contributed by atoms with Gasteiger partial charge in [0, 0.05) is 11.1 Å². The highest BCUT2D eigenvalue weighted by atomic mass is 35.5. The summed E-state index contributed by atoms with van der Waals surface area (Å²) in [5.74, 6) is -0.541. The molecular formula is C20H27Cl2N3O4S. The molecule has 10 heteroatoms. The smallest absolute Gasteiger partial charge is 0.319 e. The third-order valence-electron chi connectivity index (χ3n) is 5.86. The number of sulfone groups is 1. The van der Waals surface area contributed by atoms with Crippen molar-refractivity contribution in [1.29, 1.82) is 0 Å². The molecule has 0 bridgehead atoms. The lowest BCUT2D eigenvalue weighted by Gasteiger charge is -2.32. The van der Waals surface area contributed by atoms with Gasteiger partial charge in [-0.3, -0.25) is 0 Å². The van der Waals surface area contributed by atoms with Gasteiger partial charge in [-0.2, -0.15) is 0 Å². The van der Waals surface area contributed by atoms with Crippen LogP contribution in [0.2, 0.25) is 5.02 Å². The third-order valence-corrected chi connectivity index (χ3v) is 9.04. The molecule has 3 N–H and O–H groups in total. The number of phenols is 1. The van der Waals surface area contributed by atoms with Crippen LogP contribution in [0.3, 0.4) is 0 Å². The molecule has 2 aliphatic rings. The number of allylic oxidation sites excluding steroid dienone is 1. The van der Waals surface area contributed by atoms with Gasteiger partial charge in [-0.1, -0.05) is 29.3 Å². The van der Waals surface area contributed by atoms with Crippen molar-refractivity contribution >= 4 is 44.8 Å². The number of hydrogen-bond acceptors (Lipinski definition) is 5. The first-order valence-electron chi connectivity index (χ1n) is 9.96. The van der Waals surface area contributed by atoms with Crippen LogP contribution in [0, 0.1) is 0 Å². The van der Waals surface area contributed by atoms with Gasteiger partial charge < -0.3 is 20.6 Å². The summed E-state index contributed by atoms with van der Waals surface area (Å²) >= 11 is 12.2. The fraction of sp³-hybridized carbons (Fsp3) is 0.550. The molecule has 0 spiro atoms. The van der Waals surface area contributed by atoms with Crippen LogP contribution < -0.4 is 10.6 Å². The Labute approximate surface area is 187 Å². The van der Waals surface area contributed by atoms with Crippen molar-refractivity contribution in [2.45, 2.75) is 60.8 Å². The van der Waals surface area contributed by atoms with Gasteiger partial charge in [0.2, 0.25) is 0 Å². The van der Waals surface area contributed by atoms with Crippen molar-refractivity contribution in [2.75, 3.05) is 19.4 Å². The van der Waals surface area contributed by atoms with Gasteiger partial charge >= 0.3 is 6.03 Å². The molecule has 0 aliphatic heterocycles. The number of halogens is 2. The van der Waals surface area contributed by atoms with Gasteiger partial charge in [0.05, 0.1) is 22.0 Å². The first-order valence-corrected chi connectivity index (χ1v) is 12.3. The Hall–Kier alpha value is -1.48. The summed E-state index contributed by atoms with van der Waals surface area (Å²) < 4.78 is 26.5. The maximum atomic E-state index is 13.3. The Balaban J connectivity index is 1.78. The monoisotopic (exact) mass is 475 g/mol. The van der Waals surface area contributed by atoms with Crippen molar-refractivity contribution in [3.63, 3.8) is 0 Å². The van der Waals surface area contributed by atoms with Gasteiger partial charge in [0.1, 0.15) is 4.90 Å². The van der Waals surface area contributed by atoms with Gasteiger partial charge in [-0.05, 0) is 64.8 Å². The molecule has 1 aromatic carbocycles. The molecule has 1 atom stereocenters. The molecule has 1 unspecified atom stereocenters. The Bertz CT molecular complexity index is 942. The number of carbonyl (C=O) groups excluding carboxylic acids is 1. The Kier molecular flexibility index (Phi) is 7.22. The summed E-state index contributed by atoms with van der Waals surface area (Å²) in [5.41, 5.74) is -0.0180. The molecule has 2 aliphatic carbocycles. The number of nitrogens with one attached hydrogen (secondary N) is 2. The average Bonchev–Trinajstić information content (AvgIpc) is 3.08. The van der Waals surface area contributed by atoms with Gasteiger partial charge in [0.15, 0.2) is 15.6 Å². The molecular weight excluding hydrogens is 449 g/mol. The minimum absolute atomic E-state index is 0.0180. The van der Waals surface area contributed by atoms with Crippen LogP contribution in [0.4, 0.5) is 10.5 Å². The lowest BCUT2D eigenvalue weighted by atomic mass is 9.94. The van der Waals surface area contributed by atoms with E-state index in [1.54, 1.807) is 0 Å². The van der Waals surface area contributed by atoms with E-state index < -0.39 is 26.9 Å². The Morgan fingerprint density at radius 1 is 1.13 bits per heavy atom. The standard InChI is InChI=1S/C20H27Cl2N3O4S/c1-25(2)12-6-8-13(9-7-12)30(28,29)19-15(22)10-11-17(18(19)26)24-20(27)23-16-5-3-4-14(16)21/h4,10-13,16,26H,3,5-9H2,1-2H3,(H2,23,24,27). The lowest BCUT2D eigenvalue weighted by molar-refractivity contribution is 0.230. The zero-order valence-corrected chi connectivity index (χ0v) is 19.3. The van der Waals surface area contributed by atoms with Gasteiger partial charge in [-0.25, -0.2) is 13.2 Å². The highest BCUT2D eigenvalue weighted by Gasteiger charge is 2.36. The van der Waals surface area contributed by atoms with E-state index in [2.05, 4.69) is 15.5 Å². The summed E-state index contributed by atoms with van der Waals surface area (Å²) in [6, 6.07) is 2.22. The first kappa shape index (κ1) is 23.2. The number of carbonyl (C=O) groups is 1. The second kappa shape index (κ2) is 9.34. The van der Waals surface area contributed by atoms with Gasteiger partial charge in [-0.15, -0.1) is 0 Å². The van der Waals surface area contributed by atoms with Crippen LogP contribution in [0.1, 0.15) is 38.5 Å². The molecule has 0 saturated heterocycles. The lowest BCUT2D eigenvalue weighted by Crippen LogP contribution is -2.37. The molecule has 30 heavy (non-hydrogen) atoms. The topological polar surface area (TPSA) is 98.7 Å². The second-order valence-electron chi connectivity index (χ2n) is 8.03. The van der Waals surface area contributed by atoms with Crippen LogP contribution in [0.25, 0.3) is 0 Å². The number of anilines is 1. The summed E-state index contributed by atoms with van der Waals surface area (Å²) in [4.78, 5) is 14.1. The minimum Gasteiger partial charge on any atom is -0.504 e. The fourth-order valence-electron chi connectivity index (χ4n) is 4.08. The van der Waals surface area contributed by atoms with Gasteiger partial charge in [0.25, 0.3) is 0 Å². The number of urea groups is 1. The maximum absolute atomic E-state index is 13.3. The Morgan fingerprint density at radius 3 is 2.37 bits per heavy atom. The van der Waals surface area contributed by atoms with Crippen LogP contribution >= 0.6 is 23.2 Å². The molecule has 2 amide bonds. The molecule has 1 fully saturated rings. The summed E-state index contributed by atoms with van der Waals surface area (Å²) in [7, 11) is 0.102. The quantitative estimate of drug-likeness (QED) is 0.556. The molecule has 166 valence electrons. The van der Waals surface area contributed by atoms with E-state index in [9.17, 15) is 18.3 Å². The normalized spacial score (nSPS) is 24.6. The van der Waals surface area contributed by atoms with Crippen molar-refractivity contribution < 1.29 is 18.3 Å². The molecule has 7 nitrogen and oxygen atoms in total. The highest BCUT2D eigenvalue weighted by molar-refractivity contribution is 7.92. The van der Waals surface area contributed by atoms with E-state index in [-0.39, 0.29) is 21.6 Å². The molecule has 1 saturated carbocycles. The van der Waals surface area contributed by atoms with Crippen LogP contribution in [-0.4, -0.2) is 55.9 Å². The number of amides is 2. The first-order chi connectivity index (χ1) is 14.1. The summed E-state index contributed by atoms with van der Waals surface area (Å²) in [5, 5.41) is 15.8. The zero-order chi connectivity index (χ0) is 22.1. The van der Waals surface area contributed by atoms with E-state index >= 15 is 0 Å². The largest absolute Gasteiger partial charge is 0.504 e. The van der Waals surface area contributed by atoms with Crippen molar-refractivity contribution in [3.05, 3.63) is 28.3 Å². The predicted octanol–water partition coefficient (Wildman–Crippen LogP) is 4.10. The van der Waals surface area contributed by atoms with E-state index in [0.717, 1.165) is 19.3 Å². The van der Waals surface area contributed by atoms with Crippen molar-refractivity contribution in [3.8, 4) is 5.75 Å². The summed E-state index contributed by atoms with van der Waals surface area (Å²) in [6.07, 6.45) is 5.79. The Morgan fingerprint density at radius 2 is 1.80 bits per heavy atom. The van der Waals surface area contributed by atoms with E-state index in [1.165, 1.54) is 12.1 Å². The van der Waals surface area contributed by atoms with Crippen LogP contribution in [0.15, 0.2) is 28.1 Å². The van der Waals surface area contributed by atoms with Crippen molar-refractivity contribution in [2.24, 2.45) is 0 Å². The molecule has 0 radical (unpaired) electrons. The van der Waals surface area contributed by atoms with E-state index in [1.807, 2.05) is 20.2 Å². The third kappa shape index (κ3) is 4.88. The average molecular weight is 476 g/mol. The van der Waals surface area contributed by atoms with E-state index in [4.69, 9.17) is 23.2 Å². The molecule has 0 heterocycles. The maximum Gasteiger partial charge on any atom is 0.319 e. The molecule has 0 aromatic heterocycles. The molecule has 3 rings (SSSR count). The predicted molar refractivity (Wildman–Crippen MR) is 119 cm³/mol. The number of phenolic OH excluding ortho intramolecular Hbond substituents is 1. The highest BCUT2D eigenvalue weighted by Crippen LogP contribution is 2.41. The van der Waals surface area contributed by atoms with Crippen LogP contribution in [-0.2, 0) is 9.84 Å². The van der Waals surface area contributed by atoms with Crippen LogP contribution in [0.5, 0.6) is 5.75 Å². The van der Waals surface area contributed by atoms with E-state index in [0.29, 0.717) is 30.3 Å².